The van der Waals surface area contributed by atoms with Gasteiger partial charge in [0.05, 0.1) is 11.6 Å². The number of allylic oxidation sites excluding steroid dienone is 1. The van der Waals surface area contributed by atoms with Gasteiger partial charge in [0.2, 0.25) is 5.91 Å². The standard InChI is InChI=1S/C28H37N5O/c1-18-6-8-21(20(3)16-18)25(23-10-11-28(4,5)31-23)27(34)33-14-12-32(13-15-33)26-24-19(2)7-9-22(24)29-17-30-26/h6,8,16-17,23,25,31H,2,7,9-15H2,1,3-5H3/t23-,25-/m0/s1. The maximum atomic E-state index is 14.0. The van der Waals surface area contributed by atoms with Gasteiger partial charge < -0.3 is 15.1 Å². The molecular formula is C28H37N5O. The predicted molar refractivity (Wildman–Crippen MR) is 137 cm³/mol. The first-order chi connectivity index (χ1) is 16.2. The molecule has 6 nitrogen and oxygen atoms in total. The van der Waals surface area contributed by atoms with Gasteiger partial charge in [-0.05, 0) is 70.1 Å². The Balaban J connectivity index is 1.36. The molecule has 1 aromatic carbocycles. The molecule has 0 saturated carbocycles. The van der Waals surface area contributed by atoms with E-state index in [1.54, 1.807) is 6.33 Å². The predicted octanol–water partition coefficient (Wildman–Crippen LogP) is 4.02. The second kappa shape index (κ2) is 8.81. The van der Waals surface area contributed by atoms with Crippen molar-refractivity contribution in [3.63, 3.8) is 0 Å². The van der Waals surface area contributed by atoms with Crippen molar-refractivity contribution in [1.82, 2.24) is 20.2 Å². The number of amides is 1. The molecule has 2 saturated heterocycles. The van der Waals surface area contributed by atoms with Gasteiger partial charge in [-0.25, -0.2) is 9.97 Å². The topological polar surface area (TPSA) is 61.4 Å². The van der Waals surface area contributed by atoms with Crippen LogP contribution in [0.25, 0.3) is 5.57 Å². The maximum Gasteiger partial charge on any atom is 0.231 e. The van der Waals surface area contributed by atoms with Crippen molar-refractivity contribution in [1.29, 1.82) is 0 Å². The number of carbonyl (C=O) groups is 1. The van der Waals surface area contributed by atoms with Crippen LogP contribution in [-0.2, 0) is 11.2 Å². The van der Waals surface area contributed by atoms with E-state index < -0.39 is 0 Å². The first kappa shape index (κ1) is 23.0. The smallest absolute Gasteiger partial charge is 0.231 e. The van der Waals surface area contributed by atoms with Crippen LogP contribution < -0.4 is 10.2 Å². The Morgan fingerprint density at radius 1 is 1.15 bits per heavy atom. The van der Waals surface area contributed by atoms with Crippen LogP contribution in [0.4, 0.5) is 5.82 Å². The summed E-state index contributed by atoms with van der Waals surface area (Å²) in [6.07, 6.45) is 5.69. The summed E-state index contributed by atoms with van der Waals surface area (Å²) >= 11 is 0. The largest absolute Gasteiger partial charge is 0.352 e. The minimum atomic E-state index is -0.156. The lowest BCUT2D eigenvalue weighted by molar-refractivity contribution is -0.133. The first-order valence-corrected chi connectivity index (χ1v) is 12.6. The number of nitrogens with zero attached hydrogens (tertiary/aromatic N) is 4. The van der Waals surface area contributed by atoms with Crippen LogP contribution in [0.5, 0.6) is 0 Å². The fourth-order valence-electron chi connectivity index (χ4n) is 6.04. The van der Waals surface area contributed by atoms with E-state index in [1.807, 2.05) is 0 Å². The third-order valence-electron chi connectivity index (χ3n) is 7.90. The van der Waals surface area contributed by atoms with E-state index in [1.165, 1.54) is 11.1 Å². The van der Waals surface area contributed by atoms with Gasteiger partial charge in [-0.15, -0.1) is 0 Å². The molecule has 2 atom stereocenters. The van der Waals surface area contributed by atoms with E-state index in [2.05, 4.69) is 77.6 Å². The third-order valence-corrected chi connectivity index (χ3v) is 7.90. The molecule has 1 N–H and O–H groups in total. The molecule has 0 unspecified atom stereocenters. The molecule has 3 aliphatic rings. The van der Waals surface area contributed by atoms with Crippen molar-refractivity contribution in [3.8, 4) is 0 Å². The lowest BCUT2D eigenvalue weighted by Crippen LogP contribution is -2.53. The first-order valence-electron chi connectivity index (χ1n) is 12.6. The molecule has 1 amide bonds. The number of carbonyl (C=O) groups excluding carboxylic acids is 1. The highest BCUT2D eigenvalue weighted by molar-refractivity contribution is 5.86. The fourth-order valence-corrected chi connectivity index (χ4v) is 6.04. The van der Waals surface area contributed by atoms with Crippen LogP contribution in [0.1, 0.15) is 67.0 Å². The highest BCUT2D eigenvalue weighted by Gasteiger charge is 2.41. The average Bonchev–Trinajstić information content (AvgIpc) is 3.37. The summed E-state index contributed by atoms with van der Waals surface area (Å²) in [5, 5.41) is 3.77. The van der Waals surface area contributed by atoms with Gasteiger partial charge in [0.15, 0.2) is 0 Å². The minimum Gasteiger partial charge on any atom is -0.352 e. The number of rotatable bonds is 4. The molecule has 1 aliphatic carbocycles. The zero-order chi connectivity index (χ0) is 24.0. The van der Waals surface area contributed by atoms with Gasteiger partial charge in [0, 0.05) is 43.3 Å². The quantitative estimate of drug-likeness (QED) is 0.748. The van der Waals surface area contributed by atoms with E-state index in [9.17, 15) is 4.79 Å². The van der Waals surface area contributed by atoms with Gasteiger partial charge in [-0.3, -0.25) is 4.79 Å². The van der Waals surface area contributed by atoms with Crippen LogP contribution >= 0.6 is 0 Å². The monoisotopic (exact) mass is 459 g/mol. The average molecular weight is 460 g/mol. The Labute approximate surface area is 203 Å². The Morgan fingerprint density at radius 2 is 1.91 bits per heavy atom. The number of benzene rings is 1. The molecule has 2 fully saturated rings. The normalized spacial score (nSPS) is 22.7. The van der Waals surface area contributed by atoms with E-state index in [-0.39, 0.29) is 23.4 Å². The number of piperazine rings is 1. The Morgan fingerprint density at radius 3 is 2.59 bits per heavy atom. The molecule has 1 aromatic heterocycles. The molecule has 34 heavy (non-hydrogen) atoms. The molecule has 6 heteroatoms. The zero-order valence-corrected chi connectivity index (χ0v) is 21.0. The molecular weight excluding hydrogens is 422 g/mol. The van der Waals surface area contributed by atoms with Gasteiger partial charge in [-0.1, -0.05) is 30.3 Å². The number of hydrogen-bond donors (Lipinski definition) is 1. The maximum absolute atomic E-state index is 14.0. The highest BCUT2D eigenvalue weighted by Crippen LogP contribution is 2.37. The van der Waals surface area contributed by atoms with E-state index in [0.717, 1.165) is 67.0 Å². The number of anilines is 1. The molecule has 180 valence electrons. The zero-order valence-electron chi connectivity index (χ0n) is 21.0. The molecule has 0 radical (unpaired) electrons. The van der Waals surface area contributed by atoms with Crippen molar-refractivity contribution < 1.29 is 4.79 Å². The second-order valence-corrected chi connectivity index (χ2v) is 10.9. The summed E-state index contributed by atoms with van der Waals surface area (Å²) in [5.41, 5.74) is 7.05. The number of nitrogens with one attached hydrogen (secondary N) is 1. The minimum absolute atomic E-state index is 0.0658. The van der Waals surface area contributed by atoms with Crippen LogP contribution in [0.2, 0.25) is 0 Å². The van der Waals surface area contributed by atoms with Gasteiger partial charge in [0.1, 0.15) is 12.1 Å². The summed E-state index contributed by atoms with van der Waals surface area (Å²) < 4.78 is 0. The summed E-state index contributed by atoms with van der Waals surface area (Å²) in [4.78, 5) is 27.5. The van der Waals surface area contributed by atoms with Crippen molar-refractivity contribution in [2.45, 2.75) is 70.9 Å². The Bertz CT molecular complexity index is 1120. The summed E-state index contributed by atoms with van der Waals surface area (Å²) in [6.45, 7) is 16.0. The van der Waals surface area contributed by atoms with E-state index in [4.69, 9.17) is 0 Å². The lowest BCUT2D eigenvalue weighted by atomic mass is 9.85. The highest BCUT2D eigenvalue weighted by atomic mass is 16.2. The molecule has 2 aromatic rings. The Hall–Kier alpha value is -2.73. The summed E-state index contributed by atoms with van der Waals surface area (Å²) in [6, 6.07) is 6.68. The van der Waals surface area contributed by atoms with E-state index in [0.29, 0.717) is 13.1 Å². The number of hydrogen-bond acceptors (Lipinski definition) is 5. The van der Waals surface area contributed by atoms with Gasteiger partial charge in [-0.2, -0.15) is 0 Å². The van der Waals surface area contributed by atoms with Crippen molar-refractivity contribution >= 4 is 17.3 Å². The molecule has 3 heterocycles. The summed E-state index contributed by atoms with van der Waals surface area (Å²) in [7, 11) is 0. The van der Waals surface area contributed by atoms with Crippen LogP contribution in [-0.4, -0.2) is 58.5 Å². The number of fused-ring (bicyclic) bond motifs is 1. The summed E-state index contributed by atoms with van der Waals surface area (Å²) in [5.74, 6) is 1.08. The lowest BCUT2D eigenvalue weighted by Gasteiger charge is -2.39. The van der Waals surface area contributed by atoms with Crippen LogP contribution in [0, 0.1) is 13.8 Å². The van der Waals surface area contributed by atoms with Gasteiger partial charge in [0.25, 0.3) is 0 Å². The van der Waals surface area contributed by atoms with Crippen molar-refractivity contribution in [2.24, 2.45) is 0 Å². The van der Waals surface area contributed by atoms with E-state index >= 15 is 0 Å². The number of aryl methyl sites for hydroxylation is 3. The molecule has 2 aliphatic heterocycles. The Kier molecular flexibility index (Phi) is 5.96. The second-order valence-electron chi connectivity index (χ2n) is 10.9. The fraction of sp³-hybridized carbons (Fsp3) is 0.536. The molecule has 0 bridgehead atoms. The van der Waals surface area contributed by atoms with Crippen LogP contribution in [0.3, 0.4) is 0 Å². The SMILES string of the molecule is C=C1CCc2ncnc(N3CCN(C(=O)[C@@H](c4ccc(C)cc4C)[C@@H]4CCC(C)(C)N4)CC3)c21. The van der Waals surface area contributed by atoms with Crippen molar-refractivity contribution in [2.75, 3.05) is 31.1 Å². The number of aromatic nitrogens is 2. The van der Waals surface area contributed by atoms with Gasteiger partial charge >= 0.3 is 0 Å². The molecule has 5 rings (SSSR count). The van der Waals surface area contributed by atoms with Crippen molar-refractivity contribution in [3.05, 3.63) is 59.1 Å². The molecule has 0 spiro atoms. The third kappa shape index (κ3) is 4.24. The van der Waals surface area contributed by atoms with Crippen LogP contribution in [0.15, 0.2) is 31.1 Å².